The summed E-state index contributed by atoms with van der Waals surface area (Å²) in [6.07, 6.45) is 0.899. The summed E-state index contributed by atoms with van der Waals surface area (Å²) in [7, 11) is 0. The number of carboxylic acids is 1. The number of carbonyl (C=O) groups is 2. The predicted octanol–water partition coefficient (Wildman–Crippen LogP) is 2.32. The normalized spacial score (nSPS) is 12.0. The van der Waals surface area contributed by atoms with Crippen LogP contribution in [0.5, 0.6) is 0 Å². The maximum Gasteiger partial charge on any atom is 0.326 e. The number of nitro benzene ring substituents is 1. The van der Waals surface area contributed by atoms with Crippen molar-refractivity contribution in [2.45, 2.75) is 25.8 Å². The van der Waals surface area contributed by atoms with Crippen molar-refractivity contribution in [1.29, 1.82) is 0 Å². The van der Waals surface area contributed by atoms with E-state index in [0.29, 0.717) is 23.8 Å². The minimum Gasteiger partial charge on any atom is -0.480 e. The number of aliphatic carboxylic acids is 1. The van der Waals surface area contributed by atoms with E-state index in [1.54, 1.807) is 0 Å². The van der Waals surface area contributed by atoms with Crippen LogP contribution in [0.2, 0.25) is 0 Å². The van der Waals surface area contributed by atoms with E-state index in [9.17, 15) is 19.7 Å². The molecule has 1 amide bonds. The molecule has 1 heterocycles. The van der Waals surface area contributed by atoms with Crippen LogP contribution in [0, 0.1) is 10.1 Å². The molecule has 0 bridgehead atoms. The smallest absolute Gasteiger partial charge is 0.326 e. The van der Waals surface area contributed by atoms with E-state index in [-0.39, 0.29) is 11.4 Å². The van der Waals surface area contributed by atoms with Crippen LogP contribution in [0.1, 0.15) is 30.3 Å². The molecule has 0 saturated heterocycles. The van der Waals surface area contributed by atoms with Gasteiger partial charge in [0.2, 0.25) is 0 Å². The summed E-state index contributed by atoms with van der Waals surface area (Å²) in [5, 5.41) is 22.5. The molecule has 22 heavy (non-hydrogen) atoms. The zero-order valence-corrected chi connectivity index (χ0v) is 11.7. The maximum atomic E-state index is 12.0. The first kappa shape index (κ1) is 15.5. The molecule has 1 aromatic heterocycles. The van der Waals surface area contributed by atoms with E-state index in [2.05, 4.69) is 5.32 Å². The second-order valence-corrected chi connectivity index (χ2v) is 4.74. The lowest BCUT2D eigenvalue weighted by Gasteiger charge is -2.11. The predicted molar refractivity (Wildman–Crippen MR) is 76.7 cm³/mol. The molecular weight excluding hydrogens is 292 g/mol. The van der Waals surface area contributed by atoms with Gasteiger partial charge in [-0.25, -0.2) is 4.79 Å². The van der Waals surface area contributed by atoms with E-state index in [1.165, 1.54) is 24.3 Å². The molecule has 8 nitrogen and oxygen atoms in total. The first-order valence-corrected chi connectivity index (χ1v) is 6.64. The van der Waals surface area contributed by atoms with Crippen LogP contribution in [-0.2, 0) is 4.79 Å². The molecule has 2 rings (SSSR count). The van der Waals surface area contributed by atoms with Crippen LogP contribution in [-0.4, -0.2) is 27.9 Å². The van der Waals surface area contributed by atoms with Crippen LogP contribution in [0.4, 0.5) is 5.69 Å². The Morgan fingerprint density at radius 1 is 1.41 bits per heavy atom. The third kappa shape index (κ3) is 3.22. The van der Waals surface area contributed by atoms with Crippen molar-refractivity contribution in [2.24, 2.45) is 0 Å². The monoisotopic (exact) mass is 306 g/mol. The van der Waals surface area contributed by atoms with Gasteiger partial charge in [0, 0.05) is 17.5 Å². The Bertz CT molecular complexity index is 736. The van der Waals surface area contributed by atoms with Crippen molar-refractivity contribution >= 4 is 28.5 Å². The molecule has 1 unspecified atom stereocenters. The second-order valence-electron chi connectivity index (χ2n) is 4.74. The molecule has 0 fully saturated rings. The summed E-state index contributed by atoms with van der Waals surface area (Å²) in [5.74, 6) is -1.88. The highest BCUT2D eigenvalue weighted by Crippen LogP contribution is 2.24. The van der Waals surface area contributed by atoms with E-state index < -0.39 is 22.8 Å². The molecule has 1 aromatic carbocycles. The van der Waals surface area contributed by atoms with Crippen molar-refractivity contribution in [3.63, 3.8) is 0 Å². The van der Waals surface area contributed by atoms with Crippen molar-refractivity contribution in [2.75, 3.05) is 0 Å². The van der Waals surface area contributed by atoms with Crippen LogP contribution in [0.25, 0.3) is 11.0 Å². The number of hydrogen-bond acceptors (Lipinski definition) is 5. The average molecular weight is 306 g/mol. The van der Waals surface area contributed by atoms with Gasteiger partial charge in [-0.15, -0.1) is 0 Å². The Morgan fingerprint density at radius 3 is 2.73 bits per heavy atom. The van der Waals surface area contributed by atoms with Gasteiger partial charge < -0.3 is 14.8 Å². The Morgan fingerprint density at radius 2 is 2.14 bits per heavy atom. The fourth-order valence-corrected chi connectivity index (χ4v) is 2.03. The lowest BCUT2D eigenvalue weighted by molar-refractivity contribution is -0.384. The second kappa shape index (κ2) is 6.25. The molecule has 2 aromatic rings. The molecule has 1 atom stereocenters. The van der Waals surface area contributed by atoms with Crippen molar-refractivity contribution < 1.29 is 24.0 Å². The first-order valence-electron chi connectivity index (χ1n) is 6.64. The number of hydrogen-bond donors (Lipinski definition) is 2. The number of non-ortho nitro benzene ring substituents is 1. The van der Waals surface area contributed by atoms with Crippen molar-refractivity contribution in [1.82, 2.24) is 5.32 Å². The van der Waals surface area contributed by atoms with Crippen LogP contribution in [0.15, 0.2) is 28.7 Å². The quantitative estimate of drug-likeness (QED) is 0.623. The number of fused-ring (bicyclic) bond motifs is 1. The number of carbonyl (C=O) groups excluding carboxylic acids is 1. The highest BCUT2D eigenvalue weighted by atomic mass is 16.6. The zero-order valence-electron chi connectivity index (χ0n) is 11.7. The molecule has 0 radical (unpaired) electrons. The van der Waals surface area contributed by atoms with E-state index >= 15 is 0 Å². The number of carboxylic acid groups (broad SMARTS) is 1. The summed E-state index contributed by atoms with van der Waals surface area (Å²) >= 11 is 0. The average Bonchev–Trinajstić information content (AvgIpc) is 2.89. The zero-order chi connectivity index (χ0) is 16.3. The van der Waals surface area contributed by atoms with E-state index in [4.69, 9.17) is 9.52 Å². The number of nitrogens with zero attached hydrogens (tertiary/aromatic N) is 1. The standard InChI is InChI=1S/C14H14N2O6/c1-2-3-10(14(18)19)15-13(17)12-7-8-6-9(16(20)21)4-5-11(8)22-12/h4-7,10H,2-3H2,1H3,(H,15,17)(H,18,19). The number of rotatable bonds is 6. The minimum absolute atomic E-state index is 0.0853. The molecule has 0 spiro atoms. The lowest BCUT2D eigenvalue weighted by Crippen LogP contribution is -2.40. The fraction of sp³-hybridized carbons (Fsp3) is 0.286. The third-order valence-electron chi connectivity index (χ3n) is 3.12. The van der Waals surface area contributed by atoms with Gasteiger partial charge in [-0.1, -0.05) is 13.3 Å². The fourth-order valence-electron chi connectivity index (χ4n) is 2.03. The summed E-state index contributed by atoms with van der Waals surface area (Å²) < 4.78 is 5.30. The molecule has 2 N–H and O–H groups in total. The maximum absolute atomic E-state index is 12.0. The third-order valence-corrected chi connectivity index (χ3v) is 3.12. The van der Waals surface area contributed by atoms with Gasteiger partial charge in [0.1, 0.15) is 11.6 Å². The highest BCUT2D eigenvalue weighted by Gasteiger charge is 2.22. The number of nitro groups is 1. The molecule has 0 aliphatic heterocycles. The molecular formula is C14H14N2O6. The van der Waals surface area contributed by atoms with Crippen LogP contribution in [0.3, 0.4) is 0 Å². The van der Waals surface area contributed by atoms with Gasteiger partial charge in [0.05, 0.1) is 4.92 Å². The van der Waals surface area contributed by atoms with Crippen molar-refractivity contribution in [3.05, 3.63) is 40.1 Å². The molecule has 0 saturated carbocycles. The summed E-state index contributed by atoms with van der Waals surface area (Å²) in [6.45, 7) is 1.81. The van der Waals surface area contributed by atoms with Gasteiger partial charge in [0.25, 0.3) is 11.6 Å². The minimum atomic E-state index is -1.12. The van der Waals surface area contributed by atoms with Gasteiger partial charge in [-0.3, -0.25) is 14.9 Å². The van der Waals surface area contributed by atoms with Gasteiger partial charge in [-0.2, -0.15) is 0 Å². The van der Waals surface area contributed by atoms with E-state index in [1.807, 2.05) is 6.92 Å². The molecule has 0 aliphatic carbocycles. The van der Waals surface area contributed by atoms with Crippen LogP contribution >= 0.6 is 0 Å². The molecule has 8 heteroatoms. The Labute approximate surface area is 124 Å². The summed E-state index contributed by atoms with van der Waals surface area (Å²) in [5.41, 5.74) is 0.202. The van der Waals surface area contributed by atoms with Gasteiger partial charge in [-0.05, 0) is 18.6 Å². The van der Waals surface area contributed by atoms with Crippen molar-refractivity contribution in [3.8, 4) is 0 Å². The number of furan rings is 1. The summed E-state index contributed by atoms with van der Waals surface area (Å²) in [4.78, 5) is 33.2. The number of amides is 1. The van der Waals surface area contributed by atoms with Gasteiger partial charge in [0.15, 0.2) is 5.76 Å². The Kier molecular flexibility index (Phi) is 4.40. The number of nitrogens with one attached hydrogen (secondary N) is 1. The lowest BCUT2D eigenvalue weighted by atomic mass is 10.1. The number of benzene rings is 1. The van der Waals surface area contributed by atoms with E-state index in [0.717, 1.165) is 0 Å². The Hall–Kier alpha value is -2.90. The summed E-state index contributed by atoms with van der Waals surface area (Å²) in [6, 6.07) is 4.30. The van der Waals surface area contributed by atoms with Crippen LogP contribution < -0.4 is 5.32 Å². The molecule has 0 aliphatic rings. The Balaban J connectivity index is 2.24. The van der Waals surface area contributed by atoms with Gasteiger partial charge >= 0.3 is 5.97 Å². The first-order chi connectivity index (χ1) is 10.4. The molecule has 116 valence electrons. The topological polar surface area (TPSA) is 123 Å². The largest absolute Gasteiger partial charge is 0.480 e. The highest BCUT2D eigenvalue weighted by molar-refractivity contribution is 5.98. The SMILES string of the molecule is CCCC(NC(=O)c1cc2cc([N+](=O)[O-])ccc2o1)C(=O)O.